The second-order valence-corrected chi connectivity index (χ2v) is 11.6. The van der Waals surface area contributed by atoms with Crippen molar-refractivity contribution in [2.45, 2.75) is 81.1 Å². The Morgan fingerprint density at radius 2 is 1.62 bits per heavy atom. The summed E-state index contributed by atoms with van der Waals surface area (Å²) in [5.74, 6) is -0.288. The van der Waals surface area contributed by atoms with Gasteiger partial charge in [0.05, 0.1) is 6.89 Å². The molecule has 3 nitrogen and oxygen atoms in total. The minimum absolute atomic E-state index is 0. The standard InChI is InChI=1S/C19H14NS.C15H28O2.Ir/c1-12-9-13(2)11-14(10-12)18-16-7-8-21-19(16)15-5-3-4-6-17(15)20-18;1-7-14(5,8-2)12(16)11-13(17)15(6,9-3)10-4;/h3-10H,1-2H3;11,16H,7-10H2,1-6H3;/q-1;;/b;12-11-;/i;11D;. The van der Waals surface area contributed by atoms with Gasteiger partial charge in [0.15, 0.2) is 5.78 Å². The van der Waals surface area contributed by atoms with E-state index >= 15 is 0 Å². The van der Waals surface area contributed by atoms with Gasteiger partial charge >= 0.3 is 0 Å². The van der Waals surface area contributed by atoms with Crippen molar-refractivity contribution in [3.8, 4) is 11.3 Å². The van der Waals surface area contributed by atoms with Crippen LogP contribution in [0.5, 0.6) is 0 Å². The van der Waals surface area contributed by atoms with E-state index in [0.717, 1.165) is 35.2 Å². The van der Waals surface area contributed by atoms with Gasteiger partial charge in [0, 0.05) is 47.1 Å². The number of thiophene rings is 1. The van der Waals surface area contributed by atoms with Gasteiger partial charge in [-0.05, 0) is 48.2 Å². The Hall–Kier alpha value is -2.33. The topological polar surface area (TPSA) is 50.2 Å². The Balaban J connectivity index is 0.000000278. The molecule has 0 saturated heterocycles. The van der Waals surface area contributed by atoms with Gasteiger partial charge < -0.3 is 5.11 Å². The Morgan fingerprint density at radius 3 is 2.21 bits per heavy atom. The first kappa shape index (κ1) is 31.2. The molecule has 39 heavy (non-hydrogen) atoms. The molecule has 1 N–H and O–H groups in total. The van der Waals surface area contributed by atoms with Crippen LogP contribution >= 0.6 is 11.3 Å². The Bertz CT molecular complexity index is 1480. The largest absolute Gasteiger partial charge is 0.512 e. The van der Waals surface area contributed by atoms with Crippen molar-refractivity contribution < 1.29 is 31.4 Å². The fraction of sp³-hybridized carbons (Fsp3) is 0.412. The molecule has 0 atom stereocenters. The van der Waals surface area contributed by atoms with Crippen molar-refractivity contribution in [2.24, 2.45) is 10.8 Å². The Kier molecular flexibility index (Phi) is 11.1. The molecule has 0 fully saturated rings. The van der Waals surface area contributed by atoms with Gasteiger partial charge in [-0.3, -0.25) is 9.78 Å². The summed E-state index contributed by atoms with van der Waals surface area (Å²) in [6, 6.07) is 18.1. The molecule has 0 saturated carbocycles. The SMILES string of the molecule is Cc1[c-]c(-c2nc3ccccc3c3sccc23)cc(C)c1.[2H]/C(C(=O)C(C)(CC)CC)=C(/O)C(C)(CC)CC.[Ir]. The number of carbonyl (C=O) groups is 1. The number of hydrogen-bond acceptors (Lipinski definition) is 4. The fourth-order valence-corrected chi connectivity index (χ4v) is 5.37. The first-order chi connectivity index (χ1) is 18.4. The van der Waals surface area contributed by atoms with E-state index in [-0.39, 0.29) is 37.7 Å². The number of para-hydroxylation sites is 1. The maximum atomic E-state index is 12.3. The molecule has 0 amide bonds. The van der Waals surface area contributed by atoms with E-state index in [0.29, 0.717) is 12.8 Å². The first-order valence-electron chi connectivity index (χ1n) is 14.2. The van der Waals surface area contributed by atoms with Crippen LogP contribution in [0.3, 0.4) is 0 Å². The van der Waals surface area contributed by atoms with E-state index in [2.05, 4.69) is 61.7 Å². The number of ketones is 1. The van der Waals surface area contributed by atoms with Gasteiger partial charge in [0.25, 0.3) is 0 Å². The number of hydrogen-bond donors (Lipinski definition) is 1. The molecule has 211 valence electrons. The molecule has 4 aromatic rings. The minimum atomic E-state index is -0.534. The molecule has 2 aromatic carbocycles. The smallest absolute Gasteiger partial charge is 0.164 e. The summed E-state index contributed by atoms with van der Waals surface area (Å²) >= 11 is 1.78. The van der Waals surface area contributed by atoms with Crippen LogP contribution in [0.2, 0.25) is 0 Å². The monoisotopic (exact) mass is 722 g/mol. The molecular weight excluding hydrogens is 679 g/mol. The van der Waals surface area contributed by atoms with E-state index in [4.69, 9.17) is 6.35 Å². The third-order valence-electron chi connectivity index (χ3n) is 8.18. The number of aliphatic hydroxyl groups excluding tert-OH is 1. The number of nitrogens with zero attached hydrogens (tertiary/aromatic N) is 1. The average molecular weight is 722 g/mol. The van der Waals surface area contributed by atoms with Crippen LogP contribution in [-0.2, 0) is 24.9 Å². The summed E-state index contributed by atoms with van der Waals surface area (Å²) in [5, 5.41) is 14.8. The zero-order chi connectivity index (χ0) is 29.0. The molecule has 0 aliphatic rings. The van der Waals surface area contributed by atoms with E-state index < -0.39 is 10.8 Å². The number of fused-ring (bicyclic) bond motifs is 3. The number of rotatable bonds is 8. The van der Waals surface area contributed by atoms with Crippen LogP contribution in [0.25, 0.3) is 32.2 Å². The molecule has 0 aliphatic heterocycles. The third kappa shape index (κ3) is 7.25. The second kappa shape index (κ2) is 13.8. The van der Waals surface area contributed by atoms with Gasteiger partial charge in [0.2, 0.25) is 0 Å². The summed E-state index contributed by atoms with van der Waals surface area (Å²) < 4.78 is 9.30. The number of benzene rings is 2. The van der Waals surface area contributed by atoms with E-state index in [9.17, 15) is 9.90 Å². The first-order valence-corrected chi connectivity index (χ1v) is 14.5. The zero-order valence-electron chi connectivity index (χ0n) is 25.5. The molecule has 5 heteroatoms. The van der Waals surface area contributed by atoms with E-state index in [1.165, 1.54) is 21.0 Å². The van der Waals surface area contributed by atoms with Crippen molar-refractivity contribution >= 4 is 38.1 Å². The van der Waals surface area contributed by atoms with Crippen LogP contribution in [-0.4, -0.2) is 15.9 Å². The van der Waals surface area contributed by atoms with Gasteiger partial charge in [-0.15, -0.1) is 46.2 Å². The van der Waals surface area contributed by atoms with Crippen LogP contribution in [0, 0.1) is 30.7 Å². The molecule has 0 spiro atoms. The molecule has 2 aromatic heterocycles. The summed E-state index contributed by atoms with van der Waals surface area (Å²) in [6.45, 7) is 15.8. The molecule has 0 aliphatic carbocycles. The van der Waals surface area contributed by atoms with Crippen LogP contribution < -0.4 is 0 Å². The van der Waals surface area contributed by atoms with Gasteiger partial charge in [-0.1, -0.05) is 79.7 Å². The summed E-state index contributed by atoms with van der Waals surface area (Å²) in [6.07, 6.45) is 2.82. The van der Waals surface area contributed by atoms with Crippen LogP contribution in [0.1, 0.15) is 79.7 Å². The molecule has 0 unspecified atom stereocenters. The maximum Gasteiger partial charge on any atom is 0.164 e. The van der Waals surface area contributed by atoms with Crippen LogP contribution in [0.15, 0.2) is 59.7 Å². The van der Waals surface area contributed by atoms with Crippen molar-refractivity contribution in [3.05, 3.63) is 76.8 Å². The molecule has 1 radical (unpaired) electrons. The van der Waals surface area contributed by atoms with Gasteiger partial charge in [0.1, 0.15) is 5.76 Å². The Labute approximate surface area is 253 Å². The molecular formula is C34H42IrNO2S-. The summed E-state index contributed by atoms with van der Waals surface area (Å²) in [4.78, 5) is 17.2. The number of aryl methyl sites for hydroxylation is 2. The quantitative estimate of drug-likeness (QED) is 0.112. The predicted octanol–water partition coefficient (Wildman–Crippen LogP) is 10.2. The number of pyridine rings is 1. The molecule has 0 bridgehead atoms. The molecule has 2 heterocycles. The van der Waals surface area contributed by atoms with E-state index in [1.54, 1.807) is 11.3 Å². The van der Waals surface area contributed by atoms with Crippen molar-refractivity contribution in [3.63, 3.8) is 0 Å². The average Bonchev–Trinajstić information content (AvgIpc) is 3.45. The minimum Gasteiger partial charge on any atom is -0.512 e. The summed E-state index contributed by atoms with van der Waals surface area (Å²) in [5.41, 5.74) is 4.58. The van der Waals surface area contributed by atoms with E-state index in [1.807, 2.05) is 47.6 Å². The fourth-order valence-electron chi connectivity index (χ4n) is 4.44. The van der Waals surface area contributed by atoms with Crippen molar-refractivity contribution in [1.82, 2.24) is 4.98 Å². The zero-order valence-corrected chi connectivity index (χ0v) is 27.7. The number of aliphatic hydroxyl groups is 1. The predicted molar refractivity (Wildman–Crippen MR) is 164 cm³/mol. The molecule has 4 rings (SSSR count). The van der Waals surface area contributed by atoms with Gasteiger partial charge in [-0.25, -0.2) is 0 Å². The number of allylic oxidation sites excluding steroid dienone is 2. The van der Waals surface area contributed by atoms with Crippen molar-refractivity contribution in [2.75, 3.05) is 0 Å². The number of carbonyl (C=O) groups excluding carboxylic acids is 1. The third-order valence-corrected chi connectivity index (χ3v) is 9.13. The van der Waals surface area contributed by atoms with Crippen molar-refractivity contribution in [1.29, 1.82) is 0 Å². The second-order valence-electron chi connectivity index (χ2n) is 10.7. The van der Waals surface area contributed by atoms with Gasteiger partial charge in [-0.2, -0.15) is 0 Å². The summed E-state index contributed by atoms with van der Waals surface area (Å²) in [7, 11) is 0. The Morgan fingerprint density at radius 1 is 1.00 bits per heavy atom. The normalized spacial score (nSPS) is 12.8. The van der Waals surface area contributed by atoms with Crippen LogP contribution in [0.4, 0.5) is 0 Å². The maximum absolute atomic E-state index is 12.3. The number of aromatic nitrogens is 1.